The van der Waals surface area contributed by atoms with E-state index in [-0.39, 0.29) is 18.7 Å². The highest BCUT2D eigenvalue weighted by Gasteiger charge is 2.16. The molecule has 5 nitrogen and oxygen atoms in total. The van der Waals surface area contributed by atoms with Gasteiger partial charge in [0.25, 0.3) is 0 Å². The molecule has 1 aromatic carbocycles. The average Bonchev–Trinajstić information content (AvgIpc) is 2.38. The van der Waals surface area contributed by atoms with Gasteiger partial charge in [0, 0.05) is 12.7 Å². The summed E-state index contributed by atoms with van der Waals surface area (Å²) in [6.07, 6.45) is 0.812. The molecule has 0 saturated carbocycles. The molecule has 1 rings (SSSR count). The van der Waals surface area contributed by atoms with Gasteiger partial charge in [0.15, 0.2) is 11.6 Å². The number of benzene rings is 1. The zero-order valence-electron chi connectivity index (χ0n) is 10.9. The summed E-state index contributed by atoms with van der Waals surface area (Å²) in [5, 5.41) is 11.1. The molecule has 0 aliphatic rings. The number of hydrogen-bond acceptors (Lipinski definition) is 3. The molecule has 0 aliphatic heterocycles. The lowest BCUT2D eigenvalue weighted by Gasteiger charge is -2.09. The first kappa shape index (κ1) is 16.0. The molecule has 0 unspecified atom stereocenters. The lowest BCUT2D eigenvalue weighted by atomic mass is 10.1. The number of carboxylic acids is 1. The number of rotatable bonds is 7. The molecule has 0 bridgehead atoms. The monoisotopic (exact) mass is 287 g/mol. The van der Waals surface area contributed by atoms with Gasteiger partial charge in [-0.05, 0) is 12.5 Å². The number of carboxylic acid groups (broad SMARTS) is 1. The van der Waals surface area contributed by atoms with Gasteiger partial charge in [-0.15, -0.1) is 0 Å². The van der Waals surface area contributed by atoms with Crippen molar-refractivity contribution in [3.05, 3.63) is 29.3 Å². The quantitative estimate of drug-likeness (QED) is 0.755. The maximum Gasteiger partial charge on any atom is 0.337 e. The first-order chi connectivity index (χ1) is 9.45. The summed E-state index contributed by atoms with van der Waals surface area (Å²) in [5.74, 6) is -4.50. The van der Waals surface area contributed by atoms with Crippen molar-refractivity contribution >= 4 is 17.6 Å². The van der Waals surface area contributed by atoms with Crippen molar-refractivity contribution in [1.82, 2.24) is 0 Å². The molecule has 20 heavy (non-hydrogen) atoms. The van der Waals surface area contributed by atoms with Crippen LogP contribution in [-0.4, -0.2) is 30.2 Å². The normalized spacial score (nSPS) is 10.3. The predicted octanol–water partition coefficient (Wildman–Crippen LogP) is 2.42. The van der Waals surface area contributed by atoms with Gasteiger partial charge < -0.3 is 15.2 Å². The minimum atomic E-state index is -1.46. The summed E-state index contributed by atoms with van der Waals surface area (Å²) in [6.45, 7) is 2.60. The van der Waals surface area contributed by atoms with Crippen molar-refractivity contribution < 1.29 is 28.2 Å². The van der Waals surface area contributed by atoms with Crippen LogP contribution in [0.3, 0.4) is 0 Å². The SMILES string of the molecule is CCCOCCC(=O)Nc1cc(F)c(F)cc1C(=O)O. The molecule has 110 valence electrons. The minimum absolute atomic E-state index is 0.00193. The van der Waals surface area contributed by atoms with Gasteiger partial charge in [-0.3, -0.25) is 4.79 Å². The fourth-order valence-corrected chi connectivity index (χ4v) is 1.45. The summed E-state index contributed by atoms with van der Waals surface area (Å²) in [5.41, 5.74) is -0.788. The molecule has 0 radical (unpaired) electrons. The van der Waals surface area contributed by atoms with Gasteiger partial charge in [0.1, 0.15) is 0 Å². The number of hydrogen-bond donors (Lipinski definition) is 2. The van der Waals surface area contributed by atoms with Crippen LogP contribution in [0, 0.1) is 11.6 Å². The van der Waals surface area contributed by atoms with Crippen LogP contribution in [0.2, 0.25) is 0 Å². The standard InChI is InChI=1S/C13H15F2NO4/c1-2-4-20-5-3-12(17)16-11-7-10(15)9(14)6-8(11)13(18)19/h6-7H,2-5H2,1H3,(H,16,17)(H,18,19). The van der Waals surface area contributed by atoms with E-state index in [2.05, 4.69) is 5.32 Å². The van der Waals surface area contributed by atoms with Crippen LogP contribution in [0.4, 0.5) is 14.5 Å². The predicted molar refractivity (Wildman–Crippen MR) is 67.7 cm³/mol. The summed E-state index contributed by atoms with van der Waals surface area (Å²) in [4.78, 5) is 22.4. The zero-order chi connectivity index (χ0) is 15.1. The van der Waals surface area contributed by atoms with Gasteiger partial charge in [0.05, 0.1) is 24.3 Å². The van der Waals surface area contributed by atoms with Gasteiger partial charge >= 0.3 is 5.97 Å². The number of halogens is 2. The number of ether oxygens (including phenoxy) is 1. The van der Waals surface area contributed by atoms with E-state index >= 15 is 0 Å². The van der Waals surface area contributed by atoms with E-state index < -0.39 is 29.1 Å². The van der Waals surface area contributed by atoms with Crippen LogP contribution in [-0.2, 0) is 9.53 Å². The van der Waals surface area contributed by atoms with Crippen molar-refractivity contribution in [2.24, 2.45) is 0 Å². The summed E-state index contributed by atoms with van der Waals surface area (Å²) >= 11 is 0. The van der Waals surface area contributed by atoms with E-state index in [0.29, 0.717) is 18.7 Å². The molecule has 1 amide bonds. The highest BCUT2D eigenvalue weighted by Crippen LogP contribution is 2.20. The Morgan fingerprint density at radius 3 is 2.50 bits per heavy atom. The molecule has 1 aromatic rings. The second-order valence-electron chi connectivity index (χ2n) is 4.03. The molecule has 7 heteroatoms. The van der Waals surface area contributed by atoms with Crippen molar-refractivity contribution in [2.45, 2.75) is 19.8 Å². The second-order valence-corrected chi connectivity index (χ2v) is 4.03. The van der Waals surface area contributed by atoms with Gasteiger partial charge in [-0.1, -0.05) is 6.92 Å². The molecule has 0 fully saturated rings. The first-order valence-electron chi connectivity index (χ1n) is 6.05. The molecule has 0 aromatic heterocycles. The van der Waals surface area contributed by atoms with Gasteiger partial charge in [-0.25, -0.2) is 13.6 Å². The maximum atomic E-state index is 13.1. The van der Waals surface area contributed by atoms with Crippen LogP contribution in [0.15, 0.2) is 12.1 Å². The summed E-state index contributed by atoms with van der Waals surface area (Å²) in [6, 6.07) is 1.17. The Hall–Kier alpha value is -2.02. The Bertz CT molecular complexity index is 505. The van der Waals surface area contributed by atoms with Crippen molar-refractivity contribution in [2.75, 3.05) is 18.5 Å². The van der Waals surface area contributed by atoms with Gasteiger partial charge in [0.2, 0.25) is 5.91 Å². The smallest absolute Gasteiger partial charge is 0.337 e. The van der Waals surface area contributed by atoms with Crippen LogP contribution >= 0.6 is 0 Å². The second kappa shape index (κ2) is 7.54. The number of anilines is 1. The van der Waals surface area contributed by atoms with Crippen LogP contribution in [0.1, 0.15) is 30.1 Å². The molecule has 0 spiro atoms. The Balaban J connectivity index is 2.73. The Labute approximate surface area is 114 Å². The third-order valence-electron chi connectivity index (χ3n) is 2.39. The minimum Gasteiger partial charge on any atom is -0.478 e. The highest BCUT2D eigenvalue weighted by atomic mass is 19.2. The molecular formula is C13H15F2NO4. The zero-order valence-corrected chi connectivity index (χ0v) is 10.9. The van der Waals surface area contributed by atoms with E-state index in [1.54, 1.807) is 0 Å². The number of carbonyl (C=O) groups excluding carboxylic acids is 1. The highest BCUT2D eigenvalue weighted by molar-refractivity contribution is 6.00. The fourth-order valence-electron chi connectivity index (χ4n) is 1.45. The van der Waals surface area contributed by atoms with Crippen LogP contribution < -0.4 is 5.32 Å². The van der Waals surface area contributed by atoms with E-state index in [1.165, 1.54) is 0 Å². The van der Waals surface area contributed by atoms with Crippen LogP contribution in [0.25, 0.3) is 0 Å². The number of carbonyl (C=O) groups is 2. The number of aromatic carboxylic acids is 1. The maximum absolute atomic E-state index is 13.1. The van der Waals surface area contributed by atoms with Crippen LogP contribution in [0.5, 0.6) is 0 Å². The fraction of sp³-hybridized carbons (Fsp3) is 0.385. The third kappa shape index (κ3) is 4.58. The summed E-state index contributed by atoms with van der Waals surface area (Å²) in [7, 11) is 0. The Morgan fingerprint density at radius 1 is 1.25 bits per heavy atom. The molecule has 0 aliphatic carbocycles. The first-order valence-corrected chi connectivity index (χ1v) is 6.05. The molecule has 2 N–H and O–H groups in total. The number of amides is 1. The Morgan fingerprint density at radius 2 is 1.90 bits per heavy atom. The molecular weight excluding hydrogens is 272 g/mol. The summed E-state index contributed by atoms with van der Waals surface area (Å²) < 4.78 is 31.2. The van der Waals surface area contributed by atoms with Crippen molar-refractivity contribution in [3.63, 3.8) is 0 Å². The van der Waals surface area contributed by atoms with E-state index in [0.717, 1.165) is 6.42 Å². The molecule has 0 atom stereocenters. The number of nitrogens with one attached hydrogen (secondary N) is 1. The molecule has 0 saturated heterocycles. The van der Waals surface area contributed by atoms with Crippen molar-refractivity contribution in [3.8, 4) is 0 Å². The lowest BCUT2D eigenvalue weighted by molar-refractivity contribution is -0.117. The van der Waals surface area contributed by atoms with E-state index in [4.69, 9.17) is 9.84 Å². The largest absolute Gasteiger partial charge is 0.478 e. The third-order valence-corrected chi connectivity index (χ3v) is 2.39. The van der Waals surface area contributed by atoms with Gasteiger partial charge in [-0.2, -0.15) is 0 Å². The van der Waals surface area contributed by atoms with E-state index in [9.17, 15) is 18.4 Å². The Kier molecular flexibility index (Phi) is 6.05. The average molecular weight is 287 g/mol. The topological polar surface area (TPSA) is 75.6 Å². The molecule has 0 heterocycles. The van der Waals surface area contributed by atoms with Crippen molar-refractivity contribution in [1.29, 1.82) is 0 Å². The van der Waals surface area contributed by atoms with E-state index in [1.807, 2.05) is 6.92 Å². The lowest BCUT2D eigenvalue weighted by Crippen LogP contribution is -2.17.